The molecule has 1 aliphatic carbocycles. The second kappa shape index (κ2) is 7.01. The van der Waals surface area contributed by atoms with Crippen LogP contribution in [0.3, 0.4) is 0 Å². The standard InChI is InChI=1S/C20H39NOSi/c1-19(2)15-18(16-20(3,4)21(19)5)23(6,7)22-14-13-17-11-9-8-10-12-17/h8-9,17-18H,10-16H2,1-7H3. The molecule has 0 aromatic rings. The normalized spacial score (nSPS) is 28.9. The summed E-state index contributed by atoms with van der Waals surface area (Å²) in [6.45, 7) is 15.5. The molecule has 2 aliphatic rings. The Morgan fingerprint density at radius 1 is 1.09 bits per heavy atom. The van der Waals surface area contributed by atoms with Crippen molar-refractivity contribution in [1.29, 1.82) is 0 Å². The number of rotatable bonds is 5. The minimum absolute atomic E-state index is 0.272. The number of hydrogen-bond acceptors (Lipinski definition) is 2. The highest BCUT2D eigenvalue weighted by Gasteiger charge is 2.48. The molecule has 0 aromatic carbocycles. The van der Waals surface area contributed by atoms with Gasteiger partial charge in [-0.05, 0) is 97.8 Å². The fourth-order valence-electron chi connectivity index (χ4n) is 4.59. The summed E-state index contributed by atoms with van der Waals surface area (Å²) in [5.41, 5.74) is 1.30. The molecule has 23 heavy (non-hydrogen) atoms. The highest BCUT2D eigenvalue weighted by Crippen LogP contribution is 2.47. The lowest BCUT2D eigenvalue weighted by molar-refractivity contribution is -0.00608. The number of nitrogens with zero attached hydrogens (tertiary/aromatic N) is 1. The lowest BCUT2D eigenvalue weighted by atomic mass is 9.80. The molecule has 2 nitrogen and oxygen atoms in total. The number of piperidine rings is 1. The van der Waals surface area contributed by atoms with Crippen molar-refractivity contribution in [2.75, 3.05) is 13.7 Å². The summed E-state index contributed by atoms with van der Waals surface area (Å²) >= 11 is 0. The Balaban J connectivity index is 1.91. The van der Waals surface area contributed by atoms with Gasteiger partial charge in [-0.3, -0.25) is 4.90 Å². The zero-order chi connectivity index (χ0) is 17.3. The topological polar surface area (TPSA) is 12.5 Å². The average molecular weight is 338 g/mol. The van der Waals surface area contributed by atoms with E-state index in [2.05, 4.69) is 64.9 Å². The van der Waals surface area contributed by atoms with Crippen molar-refractivity contribution in [3.8, 4) is 0 Å². The van der Waals surface area contributed by atoms with Crippen LogP contribution in [0.1, 0.15) is 66.2 Å². The first kappa shape index (κ1) is 19.2. The summed E-state index contributed by atoms with van der Waals surface area (Å²) in [7, 11) is 0.655. The largest absolute Gasteiger partial charge is 0.417 e. The molecule has 1 aliphatic heterocycles. The van der Waals surface area contributed by atoms with Gasteiger partial charge >= 0.3 is 0 Å². The van der Waals surface area contributed by atoms with E-state index in [9.17, 15) is 0 Å². The quantitative estimate of drug-likeness (QED) is 0.478. The third kappa shape index (κ3) is 4.70. The van der Waals surface area contributed by atoms with Crippen LogP contribution >= 0.6 is 0 Å². The Labute approximate surface area is 145 Å². The van der Waals surface area contributed by atoms with Gasteiger partial charge < -0.3 is 4.43 Å². The third-order valence-electron chi connectivity index (χ3n) is 6.67. The summed E-state index contributed by atoms with van der Waals surface area (Å²) in [4.78, 5) is 2.58. The predicted molar refractivity (Wildman–Crippen MR) is 103 cm³/mol. The molecule has 0 aromatic heterocycles. The Kier molecular flexibility index (Phi) is 5.85. The minimum Gasteiger partial charge on any atom is -0.417 e. The van der Waals surface area contributed by atoms with Gasteiger partial charge in [-0.1, -0.05) is 12.2 Å². The molecular weight excluding hydrogens is 298 g/mol. The number of allylic oxidation sites excluding steroid dienone is 2. The van der Waals surface area contributed by atoms with Crippen LogP contribution in [-0.4, -0.2) is 37.9 Å². The van der Waals surface area contributed by atoms with Crippen molar-refractivity contribution in [2.24, 2.45) is 5.92 Å². The zero-order valence-electron chi connectivity index (χ0n) is 16.6. The van der Waals surface area contributed by atoms with Crippen LogP contribution < -0.4 is 0 Å². The van der Waals surface area contributed by atoms with Crippen LogP contribution in [0.15, 0.2) is 12.2 Å². The molecule has 0 N–H and O–H groups in total. The van der Waals surface area contributed by atoms with Crippen molar-refractivity contribution >= 4 is 8.32 Å². The fourth-order valence-corrected chi connectivity index (χ4v) is 7.45. The lowest BCUT2D eigenvalue weighted by Gasteiger charge is -2.56. The molecule has 0 bridgehead atoms. The van der Waals surface area contributed by atoms with E-state index in [0.29, 0.717) is 0 Å². The minimum atomic E-state index is -1.64. The van der Waals surface area contributed by atoms with E-state index in [4.69, 9.17) is 4.43 Å². The first-order valence-corrected chi connectivity index (χ1v) is 12.6. The van der Waals surface area contributed by atoms with Crippen molar-refractivity contribution in [3.63, 3.8) is 0 Å². The molecule has 0 radical (unpaired) electrons. The van der Waals surface area contributed by atoms with Crippen LogP contribution in [0.25, 0.3) is 0 Å². The van der Waals surface area contributed by atoms with E-state index in [1.54, 1.807) is 0 Å². The van der Waals surface area contributed by atoms with Gasteiger partial charge in [0.1, 0.15) is 0 Å². The first-order chi connectivity index (χ1) is 10.5. The summed E-state index contributed by atoms with van der Waals surface area (Å²) in [5.74, 6) is 0.857. The van der Waals surface area contributed by atoms with Crippen molar-refractivity contribution in [3.05, 3.63) is 12.2 Å². The maximum Gasteiger partial charge on any atom is 0.189 e. The van der Waals surface area contributed by atoms with E-state index >= 15 is 0 Å². The van der Waals surface area contributed by atoms with Crippen molar-refractivity contribution < 1.29 is 4.43 Å². The van der Waals surface area contributed by atoms with E-state index in [-0.39, 0.29) is 11.1 Å². The first-order valence-electron chi connectivity index (χ1n) is 9.57. The van der Waals surface area contributed by atoms with Gasteiger partial charge in [0, 0.05) is 17.7 Å². The van der Waals surface area contributed by atoms with E-state index < -0.39 is 8.32 Å². The third-order valence-corrected chi connectivity index (χ3v) is 9.99. The molecule has 1 heterocycles. The zero-order valence-corrected chi connectivity index (χ0v) is 17.6. The molecular formula is C20H39NOSi. The van der Waals surface area contributed by atoms with Gasteiger partial charge in [0.2, 0.25) is 0 Å². The molecule has 1 atom stereocenters. The molecule has 1 unspecified atom stereocenters. The van der Waals surface area contributed by atoms with Crippen molar-refractivity contribution in [2.45, 2.75) is 95.9 Å². The van der Waals surface area contributed by atoms with Gasteiger partial charge in [-0.25, -0.2) is 0 Å². The Morgan fingerprint density at radius 2 is 1.70 bits per heavy atom. The lowest BCUT2D eigenvalue weighted by Crippen LogP contribution is -2.60. The van der Waals surface area contributed by atoms with Crippen LogP contribution in [0.2, 0.25) is 18.6 Å². The van der Waals surface area contributed by atoms with Crippen LogP contribution in [0, 0.1) is 5.92 Å². The van der Waals surface area contributed by atoms with E-state index in [0.717, 1.165) is 18.1 Å². The van der Waals surface area contributed by atoms with Crippen LogP contribution in [-0.2, 0) is 4.43 Å². The maximum atomic E-state index is 6.59. The number of likely N-dealkylation sites (tertiary alicyclic amines) is 1. The number of hydrogen-bond donors (Lipinski definition) is 0. The molecule has 1 fully saturated rings. The summed E-state index contributed by atoms with van der Waals surface area (Å²) in [5, 5.41) is 0. The predicted octanol–water partition coefficient (Wildman–Crippen LogP) is 5.61. The fraction of sp³-hybridized carbons (Fsp3) is 0.900. The summed E-state index contributed by atoms with van der Waals surface area (Å²) < 4.78 is 6.59. The molecule has 0 saturated carbocycles. The van der Waals surface area contributed by atoms with Crippen LogP contribution in [0.4, 0.5) is 0 Å². The molecule has 3 heteroatoms. The van der Waals surface area contributed by atoms with Crippen LogP contribution in [0.5, 0.6) is 0 Å². The highest BCUT2D eigenvalue weighted by molar-refractivity contribution is 6.72. The molecule has 134 valence electrons. The maximum absolute atomic E-state index is 6.59. The highest BCUT2D eigenvalue weighted by atomic mass is 28.4. The Morgan fingerprint density at radius 3 is 2.22 bits per heavy atom. The Bertz CT molecular complexity index is 409. The van der Waals surface area contributed by atoms with Gasteiger partial charge in [-0.15, -0.1) is 0 Å². The molecule has 0 amide bonds. The SMILES string of the molecule is CN1C(C)(C)CC([Si](C)(C)OCCC2CC=CCC2)CC1(C)C. The second-order valence-corrected chi connectivity index (χ2v) is 14.0. The molecule has 0 spiro atoms. The van der Waals surface area contributed by atoms with Gasteiger partial charge in [0.15, 0.2) is 8.32 Å². The summed E-state index contributed by atoms with van der Waals surface area (Å²) in [6, 6.07) is 0. The monoisotopic (exact) mass is 337 g/mol. The van der Waals surface area contributed by atoms with E-state index in [1.807, 2.05) is 0 Å². The van der Waals surface area contributed by atoms with Gasteiger partial charge in [0.05, 0.1) is 0 Å². The summed E-state index contributed by atoms with van der Waals surface area (Å²) in [6.07, 6.45) is 12.4. The smallest absolute Gasteiger partial charge is 0.189 e. The van der Waals surface area contributed by atoms with Gasteiger partial charge in [-0.2, -0.15) is 0 Å². The van der Waals surface area contributed by atoms with Crippen molar-refractivity contribution in [1.82, 2.24) is 4.90 Å². The van der Waals surface area contributed by atoms with E-state index in [1.165, 1.54) is 38.5 Å². The average Bonchev–Trinajstić information content (AvgIpc) is 2.45. The second-order valence-electron chi connectivity index (χ2n) is 9.68. The molecule has 2 rings (SSSR count). The molecule has 1 saturated heterocycles. The Hall–Kier alpha value is -0.123. The van der Waals surface area contributed by atoms with Gasteiger partial charge in [0.25, 0.3) is 0 Å².